The van der Waals surface area contributed by atoms with E-state index in [-0.39, 0.29) is 30.6 Å². The fraction of sp³-hybridized carbons (Fsp3) is 0.467. The van der Waals surface area contributed by atoms with Crippen molar-refractivity contribution in [2.45, 2.75) is 13.3 Å². The molecule has 0 saturated carbocycles. The Morgan fingerprint density at radius 3 is 2.48 bits per heavy atom. The third kappa shape index (κ3) is 4.01. The van der Waals surface area contributed by atoms with E-state index in [9.17, 15) is 14.0 Å². The molecular weight excluding hydrogens is 275 g/mol. The summed E-state index contributed by atoms with van der Waals surface area (Å²) in [4.78, 5) is 26.4. The van der Waals surface area contributed by atoms with Crippen LogP contribution in [0, 0.1) is 11.7 Å². The minimum atomic E-state index is -0.799. The van der Waals surface area contributed by atoms with Crippen LogP contribution in [-0.4, -0.2) is 48.1 Å². The summed E-state index contributed by atoms with van der Waals surface area (Å²) >= 11 is 0. The summed E-state index contributed by atoms with van der Waals surface area (Å²) in [5.41, 5.74) is 0.673. The number of anilines is 1. The van der Waals surface area contributed by atoms with Crippen molar-refractivity contribution in [2.24, 2.45) is 5.92 Å². The molecule has 0 bridgehead atoms. The second-order valence-electron chi connectivity index (χ2n) is 5.27. The number of nitrogens with zero attached hydrogens (tertiary/aromatic N) is 2. The van der Waals surface area contributed by atoms with Crippen LogP contribution in [0.2, 0.25) is 0 Å². The molecule has 0 radical (unpaired) electrons. The molecule has 1 aromatic rings. The van der Waals surface area contributed by atoms with Crippen molar-refractivity contribution in [3.63, 3.8) is 0 Å². The molecule has 1 saturated heterocycles. The molecule has 5 nitrogen and oxygen atoms in total. The van der Waals surface area contributed by atoms with E-state index in [2.05, 4.69) is 0 Å². The Morgan fingerprint density at radius 2 is 1.95 bits per heavy atom. The number of amides is 1. The van der Waals surface area contributed by atoms with E-state index >= 15 is 0 Å². The topological polar surface area (TPSA) is 60.9 Å². The highest BCUT2D eigenvalue weighted by atomic mass is 19.1. The maximum atomic E-state index is 12.9. The second-order valence-corrected chi connectivity index (χ2v) is 5.27. The van der Waals surface area contributed by atoms with Gasteiger partial charge in [0, 0.05) is 25.3 Å². The normalized spacial score (nSPS) is 15.5. The number of likely N-dealkylation sites (N-methyl/N-ethyl adjacent to an activating group) is 1. The monoisotopic (exact) mass is 294 g/mol. The molecule has 21 heavy (non-hydrogen) atoms. The van der Waals surface area contributed by atoms with Crippen LogP contribution >= 0.6 is 0 Å². The van der Waals surface area contributed by atoms with E-state index < -0.39 is 5.97 Å². The Labute approximate surface area is 123 Å². The first-order valence-electron chi connectivity index (χ1n) is 6.99. The molecule has 1 aromatic carbocycles. The lowest BCUT2D eigenvalue weighted by molar-refractivity contribution is -0.139. The molecule has 0 spiro atoms. The predicted octanol–water partition coefficient (Wildman–Crippen LogP) is 1.59. The lowest BCUT2D eigenvalue weighted by Crippen LogP contribution is -2.52. The maximum Gasteiger partial charge on any atom is 0.303 e. The van der Waals surface area contributed by atoms with Crippen LogP contribution < -0.4 is 4.90 Å². The highest BCUT2D eigenvalue weighted by molar-refractivity contribution is 5.94. The number of rotatable bonds is 6. The van der Waals surface area contributed by atoms with Crippen molar-refractivity contribution >= 4 is 17.6 Å². The quantitative estimate of drug-likeness (QED) is 0.865. The first-order valence-corrected chi connectivity index (χ1v) is 6.99. The van der Waals surface area contributed by atoms with Gasteiger partial charge in [0.25, 0.3) is 0 Å². The van der Waals surface area contributed by atoms with Crippen LogP contribution in [0.15, 0.2) is 24.3 Å². The Bertz CT molecular complexity index is 512. The van der Waals surface area contributed by atoms with Crippen molar-refractivity contribution in [1.82, 2.24) is 4.90 Å². The van der Waals surface area contributed by atoms with Gasteiger partial charge in [0.05, 0.1) is 13.0 Å². The van der Waals surface area contributed by atoms with Crippen LogP contribution in [0.5, 0.6) is 0 Å². The molecule has 1 N–H and O–H groups in total. The largest absolute Gasteiger partial charge is 0.481 e. The number of halogens is 1. The first-order chi connectivity index (χ1) is 9.99. The Hall–Kier alpha value is -1.95. The molecular formula is C15H19FN2O3. The minimum Gasteiger partial charge on any atom is -0.481 e. The van der Waals surface area contributed by atoms with Crippen LogP contribution in [0.1, 0.15) is 13.3 Å². The summed E-state index contributed by atoms with van der Waals surface area (Å²) in [5.74, 6) is -1.05. The molecule has 1 aliphatic rings. The van der Waals surface area contributed by atoms with E-state index in [4.69, 9.17) is 5.11 Å². The SMILES string of the molecule is CCN(C(=O)CN1CC(CC(=O)O)C1)c1ccc(F)cc1. The number of likely N-dealkylation sites (tertiary alicyclic amines) is 1. The zero-order chi connectivity index (χ0) is 15.4. The Kier molecular flexibility index (Phi) is 4.90. The molecule has 114 valence electrons. The first kappa shape index (κ1) is 15.4. The number of hydrogen-bond donors (Lipinski definition) is 1. The van der Waals surface area contributed by atoms with Crippen LogP contribution in [0.4, 0.5) is 10.1 Å². The molecule has 1 fully saturated rings. The fourth-order valence-corrected chi connectivity index (χ4v) is 2.58. The number of carboxylic acid groups (broad SMARTS) is 1. The number of aliphatic carboxylic acids is 1. The standard InChI is InChI=1S/C15H19FN2O3/c1-2-18(13-5-3-12(16)4-6-13)14(19)10-17-8-11(9-17)7-15(20)21/h3-6,11H,2,7-10H2,1H3,(H,20,21). The number of carboxylic acids is 1. The van der Waals surface area contributed by atoms with Gasteiger partial charge in [-0.3, -0.25) is 14.5 Å². The van der Waals surface area contributed by atoms with Gasteiger partial charge in [-0.15, -0.1) is 0 Å². The molecule has 1 heterocycles. The second kappa shape index (κ2) is 6.67. The average Bonchev–Trinajstić information content (AvgIpc) is 2.39. The van der Waals surface area contributed by atoms with Crippen molar-refractivity contribution in [1.29, 1.82) is 0 Å². The highest BCUT2D eigenvalue weighted by Crippen LogP contribution is 2.20. The summed E-state index contributed by atoms with van der Waals surface area (Å²) in [6, 6.07) is 5.83. The minimum absolute atomic E-state index is 0.0575. The van der Waals surface area contributed by atoms with Gasteiger partial charge >= 0.3 is 5.97 Å². The summed E-state index contributed by atoms with van der Waals surface area (Å²) in [6.45, 7) is 3.92. The van der Waals surface area contributed by atoms with Gasteiger partial charge in [0.15, 0.2) is 0 Å². The van der Waals surface area contributed by atoms with Crippen LogP contribution in [-0.2, 0) is 9.59 Å². The molecule has 2 rings (SSSR count). The van der Waals surface area contributed by atoms with E-state index in [1.54, 1.807) is 17.0 Å². The third-order valence-electron chi connectivity index (χ3n) is 3.61. The van der Waals surface area contributed by atoms with E-state index in [1.807, 2.05) is 11.8 Å². The van der Waals surface area contributed by atoms with Gasteiger partial charge in [-0.25, -0.2) is 4.39 Å². The summed E-state index contributed by atoms with van der Waals surface area (Å²) in [5, 5.41) is 8.69. The van der Waals surface area contributed by atoms with E-state index in [0.29, 0.717) is 25.3 Å². The average molecular weight is 294 g/mol. The third-order valence-corrected chi connectivity index (χ3v) is 3.61. The summed E-state index contributed by atoms with van der Waals surface area (Å²) < 4.78 is 12.9. The van der Waals surface area contributed by atoms with Gasteiger partial charge in [-0.05, 0) is 37.1 Å². The van der Waals surface area contributed by atoms with Crippen molar-refractivity contribution < 1.29 is 19.1 Å². The molecule has 6 heteroatoms. The number of hydrogen-bond acceptors (Lipinski definition) is 3. The van der Waals surface area contributed by atoms with Gasteiger partial charge in [-0.2, -0.15) is 0 Å². The molecule has 0 unspecified atom stereocenters. The van der Waals surface area contributed by atoms with E-state index in [1.165, 1.54) is 12.1 Å². The lowest BCUT2D eigenvalue weighted by atomic mass is 9.96. The Morgan fingerprint density at radius 1 is 1.33 bits per heavy atom. The summed E-state index contributed by atoms with van der Waals surface area (Å²) in [6.07, 6.45) is 0.153. The van der Waals surface area contributed by atoms with Crippen molar-refractivity contribution in [2.75, 3.05) is 31.1 Å². The Balaban J connectivity index is 1.87. The molecule has 0 aromatic heterocycles. The van der Waals surface area contributed by atoms with E-state index in [0.717, 1.165) is 0 Å². The van der Waals surface area contributed by atoms with Gasteiger partial charge in [0.2, 0.25) is 5.91 Å². The van der Waals surface area contributed by atoms with Crippen molar-refractivity contribution in [3.05, 3.63) is 30.1 Å². The van der Waals surface area contributed by atoms with Crippen LogP contribution in [0.3, 0.4) is 0 Å². The van der Waals surface area contributed by atoms with Gasteiger partial charge in [0.1, 0.15) is 5.82 Å². The number of carbonyl (C=O) groups excluding carboxylic acids is 1. The lowest BCUT2D eigenvalue weighted by Gasteiger charge is -2.39. The highest BCUT2D eigenvalue weighted by Gasteiger charge is 2.30. The predicted molar refractivity (Wildman–Crippen MR) is 76.6 cm³/mol. The maximum absolute atomic E-state index is 12.9. The fourth-order valence-electron chi connectivity index (χ4n) is 2.58. The zero-order valence-corrected chi connectivity index (χ0v) is 12.0. The van der Waals surface area contributed by atoms with Crippen molar-refractivity contribution in [3.8, 4) is 0 Å². The van der Waals surface area contributed by atoms with Gasteiger partial charge in [-0.1, -0.05) is 0 Å². The van der Waals surface area contributed by atoms with Crippen LogP contribution in [0.25, 0.3) is 0 Å². The number of carbonyl (C=O) groups is 2. The molecule has 1 aliphatic heterocycles. The molecule has 0 aliphatic carbocycles. The molecule has 0 atom stereocenters. The molecule has 1 amide bonds. The zero-order valence-electron chi connectivity index (χ0n) is 12.0. The number of benzene rings is 1. The smallest absolute Gasteiger partial charge is 0.303 e. The van der Waals surface area contributed by atoms with Gasteiger partial charge < -0.3 is 10.0 Å². The summed E-state index contributed by atoms with van der Waals surface area (Å²) in [7, 11) is 0.